The first-order valence-electron chi connectivity index (χ1n) is 6.36. The number of pyridine rings is 1. The maximum absolute atomic E-state index is 11.3. The minimum Gasteiger partial charge on any atom is -0.300 e. The minimum absolute atomic E-state index is 0.324. The van der Waals surface area contributed by atoms with Crippen molar-refractivity contribution >= 4 is 17.2 Å². The van der Waals surface area contributed by atoms with Crippen molar-refractivity contribution in [2.45, 2.75) is 13.0 Å². The molecule has 0 radical (unpaired) electrons. The van der Waals surface area contributed by atoms with Gasteiger partial charge < -0.3 is 4.90 Å². The molecule has 1 amide bonds. The molecule has 0 saturated carbocycles. The van der Waals surface area contributed by atoms with Crippen LogP contribution in [0.1, 0.15) is 20.9 Å². The molecular formula is C14H18N4OS. The van der Waals surface area contributed by atoms with Gasteiger partial charge in [-0.25, -0.2) is 5.84 Å². The van der Waals surface area contributed by atoms with Crippen LogP contribution in [0.25, 0.3) is 0 Å². The smallest absolute Gasteiger partial charge is 0.266 e. The van der Waals surface area contributed by atoms with Crippen LogP contribution >= 0.6 is 11.3 Å². The Labute approximate surface area is 122 Å². The molecule has 2 aromatic heterocycles. The summed E-state index contributed by atoms with van der Waals surface area (Å²) in [5, 5.41) is 2.10. The summed E-state index contributed by atoms with van der Waals surface area (Å²) in [6.07, 6.45) is 2.59. The SMILES string of the molecule is CN(CCc1cccs1)Cc1ccc(C(=O)NN)cn1. The first-order chi connectivity index (χ1) is 9.69. The Bertz CT molecular complexity index is 539. The van der Waals surface area contributed by atoms with E-state index in [1.165, 1.54) is 4.88 Å². The molecule has 0 saturated heterocycles. The van der Waals surface area contributed by atoms with Crippen molar-refractivity contribution in [3.8, 4) is 0 Å². The second-order valence-electron chi connectivity index (χ2n) is 4.58. The van der Waals surface area contributed by atoms with E-state index in [1.54, 1.807) is 23.6 Å². The second-order valence-corrected chi connectivity index (χ2v) is 5.61. The summed E-state index contributed by atoms with van der Waals surface area (Å²) in [4.78, 5) is 19.2. The number of nitrogens with two attached hydrogens (primary N) is 1. The van der Waals surface area contributed by atoms with Gasteiger partial charge in [-0.2, -0.15) is 0 Å². The lowest BCUT2D eigenvalue weighted by Gasteiger charge is -2.15. The van der Waals surface area contributed by atoms with E-state index >= 15 is 0 Å². The Morgan fingerprint density at radius 1 is 1.45 bits per heavy atom. The van der Waals surface area contributed by atoms with Crippen LogP contribution < -0.4 is 11.3 Å². The second kappa shape index (κ2) is 7.14. The average Bonchev–Trinajstić information content (AvgIpc) is 2.98. The van der Waals surface area contributed by atoms with Crippen molar-refractivity contribution < 1.29 is 4.79 Å². The largest absolute Gasteiger partial charge is 0.300 e. The maximum atomic E-state index is 11.3. The molecule has 0 unspecified atom stereocenters. The van der Waals surface area contributed by atoms with E-state index in [1.807, 2.05) is 6.07 Å². The average molecular weight is 290 g/mol. The molecule has 0 aliphatic carbocycles. The normalized spacial score (nSPS) is 10.8. The minimum atomic E-state index is -0.324. The Kier molecular flexibility index (Phi) is 5.23. The standard InChI is InChI=1S/C14H18N4OS/c1-18(7-6-13-3-2-8-20-13)10-12-5-4-11(9-16-12)14(19)17-15/h2-5,8-9H,6-7,10,15H2,1H3,(H,17,19). The number of carbonyl (C=O) groups excluding carboxylic acids is 1. The van der Waals surface area contributed by atoms with Crippen molar-refractivity contribution in [3.05, 3.63) is 52.0 Å². The zero-order chi connectivity index (χ0) is 14.4. The van der Waals surface area contributed by atoms with Crippen LogP contribution in [0, 0.1) is 0 Å². The maximum Gasteiger partial charge on any atom is 0.266 e. The van der Waals surface area contributed by atoms with Gasteiger partial charge in [-0.1, -0.05) is 6.07 Å². The topological polar surface area (TPSA) is 71.2 Å². The third-order valence-electron chi connectivity index (χ3n) is 2.97. The van der Waals surface area contributed by atoms with E-state index in [0.29, 0.717) is 5.56 Å². The van der Waals surface area contributed by atoms with Gasteiger partial charge >= 0.3 is 0 Å². The van der Waals surface area contributed by atoms with Crippen molar-refractivity contribution in [3.63, 3.8) is 0 Å². The monoisotopic (exact) mass is 290 g/mol. The molecule has 3 N–H and O–H groups in total. The zero-order valence-electron chi connectivity index (χ0n) is 11.4. The predicted molar refractivity (Wildman–Crippen MR) is 80.2 cm³/mol. The highest BCUT2D eigenvalue weighted by Crippen LogP contribution is 2.10. The summed E-state index contributed by atoms with van der Waals surface area (Å²) < 4.78 is 0. The lowest BCUT2D eigenvalue weighted by atomic mass is 10.2. The number of hydrazine groups is 1. The molecule has 20 heavy (non-hydrogen) atoms. The third kappa shape index (κ3) is 4.12. The van der Waals surface area contributed by atoms with Gasteiger partial charge in [0.05, 0.1) is 11.3 Å². The summed E-state index contributed by atoms with van der Waals surface area (Å²) in [7, 11) is 2.07. The van der Waals surface area contributed by atoms with E-state index in [2.05, 4.69) is 39.9 Å². The molecule has 0 aliphatic heterocycles. The molecule has 106 valence electrons. The number of thiophene rings is 1. The van der Waals surface area contributed by atoms with Gasteiger partial charge in [-0.3, -0.25) is 15.2 Å². The molecule has 0 aromatic carbocycles. The van der Waals surface area contributed by atoms with E-state index in [-0.39, 0.29) is 5.91 Å². The highest BCUT2D eigenvalue weighted by Gasteiger charge is 2.06. The summed E-state index contributed by atoms with van der Waals surface area (Å²) in [5.41, 5.74) is 3.50. The number of hydrogen-bond donors (Lipinski definition) is 2. The molecule has 0 aliphatic rings. The van der Waals surface area contributed by atoms with Crippen LogP contribution in [0.15, 0.2) is 35.8 Å². The fourth-order valence-corrected chi connectivity index (χ4v) is 2.55. The third-order valence-corrected chi connectivity index (χ3v) is 3.91. The Hall–Kier alpha value is -1.76. The van der Waals surface area contributed by atoms with Gasteiger partial charge in [0.2, 0.25) is 0 Å². The van der Waals surface area contributed by atoms with Crippen LogP contribution in [0.5, 0.6) is 0 Å². The molecule has 2 heterocycles. The van der Waals surface area contributed by atoms with Crippen LogP contribution in [-0.2, 0) is 13.0 Å². The van der Waals surface area contributed by atoms with E-state index in [4.69, 9.17) is 5.84 Å². The lowest BCUT2D eigenvalue weighted by molar-refractivity contribution is 0.0953. The molecule has 2 aromatic rings. The van der Waals surface area contributed by atoms with Crippen molar-refractivity contribution in [1.29, 1.82) is 0 Å². The Morgan fingerprint density at radius 3 is 2.90 bits per heavy atom. The Morgan fingerprint density at radius 2 is 2.30 bits per heavy atom. The molecule has 0 atom stereocenters. The quantitative estimate of drug-likeness (QED) is 0.479. The fraction of sp³-hybridized carbons (Fsp3) is 0.286. The summed E-state index contributed by atoms with van der Waals surface area (Å²) in [6, 6.07) is 7.81. The first kappa shape index (κ1) is 14.6. The number of rotatable bonds is 6. The molecule has 0 fully saturated rings. The Balaban J connectivity index is 1.84. The number of likely N-dealkylation sites (N-methyl/N-ethyl adjacent to an activating group) is 1. The molecule has 0 spiro atoms. The fourth-order valence-electron chi connectivity index (χ4n) is 1.85. The van der Waals surface area contributed by atoms with Crippen LogP contribution in [0.3, 0.4) is 0 Å². The summed E-state index contributed by atoms with van der Waals surface area (Å²) in [5.74, 6) is 4.75. The van der Waals surface area contributed by atoms with Crippen LogP contribution in [0.4, 0.5) is 0 Å². The number of carbonyl (C=O) groups is 1. The van der Waals surface area contributed by atoms with Crippen molar-refractivity contribution in [2.24, 2.45) is 5.84 Å². The zero-order valence-corrected chi connectivity index (χ0v) is 12.2. The summed E-state index contributed by atoms with van der Waals surface area (Å²) in [6.45, 7) is 1.74. The molecule has 0 bridgehead atoms. The van der Waals surface area contributed by atoms with Gasteiger partial charge in [0.25, 0.3) is 5.91 Å². The first-order valence-corrected chi connectivity index (χ1v) is 7.24. The number of nitrogens with zero attached hydrogens (tertiary/aromatic N) is 2. The molecule has 5 nitrogen and oxygen atoms in total. The lowest BCUT2D eigenvalue weighted by Crippen LogP contribution is -2.30. The number of aromatic nitrogens is 1. The molecule has 6 heteroatoms. The number of nitrogens with one attached hydrogen (secondary N) is 1. The number of hydrogen-bond acceptors (Lipinski definition) is 5. The van der Waals surface area contributed by atoms with Gasteiger partial charge in [-0.05, 0) is 37.0 Å². The molecule has 2 rings (SSSR count). The van der Waals surface area contributed by atoms with E-state index in [0.717, 1.165) is 25.2 Å². The van der Waals surface area contributed by atoms with Crippen LogP contribution in [-0.4, -0.2) is 29.4 Å². The molecular weight excluding hydrogens is 272 g/mol. The number of amides is 1. The van der Waals surface area contributed by atoms with E-state index < -0.39 is 0 Å². The predicted octanol–water partition coefficient (Wildman–Crippen LogP) is 1.42. The van der Waals surface area contributed by atoms with Crippen molar-refractivity contribution in [1.82, 2.24) is 15.3 Å². The highest BCUT2D eigenvalue weighted by molar-refractivity contribution is 7.09. The van der Waals surface area contributed by atoms with Crippen LogP contribution in [0.2, 0.25) is 0 Å². The summed E-state index contributed by atoms with van der Waals surface area (Å²) >= 11 is 1.78. The highest BCUT2D eigenvalue weighted by atomic mass is 32.1. The van der Waals surface area contributed by atoms with Gasteiger partial charge in [0.15, 0.2) is 0 Å². The van der Waals surface area contributed by atoms with Gasteiger partial charge in [-0.15, -0.1) is 11.3 Å². The van der Waals surface area contributed by atoms with Gasteiger partial charge in [0, 0.05) is 24.2 Å². The van der Waals surface area contributed by atoms with E-state index in [9.17, 15) is 4.79 Å². The van der Waals surface area contributed by atoms with Gasteiger partial charge in [0.1, 0.15) is 0 Å². The number of nitrogen functional groups attached to an aromatic ring is 1. The van der Waals surface area contributed by atoms with Crippen molar-refractivity contribution in [2.75, 3.05) is 13.6 Å².